The van der Waals surface area contributed by atoms with Gasteiger partial charge >= 0.3 is 0 Å². The molecular weight excluding hydrogens is 374 g/mol. The lowest BCUT2D eigenvalue weighted by Gasteiger charge is -2.24. The van der Waals surface area contributed by atoms with Crippen LogP contribution in [0.2, 0.25) is 0 Å². The Labute approximate surface area is 179 Å². The van der Waals surface area contributed by atoms with Crippen molar-refractivity contribution in [1.82, 2.24) is 4.90 Å². The van der Waals surface area contributed by atoms with Crippen molar-refractivity contribution < 1.29 is 14.0 Å². The predicted octanol–water partition coefficient (Wildman–Crippen LogP) is 3.81. The van der Waals surface area contributed by atoms with Crippen LogP contribution in [0.3, 0.4) is 0 Å². The molecule has 0 bridgehead atoms. The van der Waals surface area contributed by atoms with Gasteiger partial charge in [-0.05, 0) is 63.7 Å². The van der Waals surface area contributed by atoms with Crippen molar-refractivity contribution in [2.75, 3.05) is 46.7 Å². The molecule has 1 aromatic heterocycles. The summed E-state index contributed by atoms with van der Waals surface area (Å²) >= 11 is 0. The summed E-state index contributed by atoms with van der Waals surface area (Å²) in [5.74, 6) is 1.57. The minimum Gasteiger partial charge on any atom is -0.493 e. The maximum atomic E-state index is 5.62. The van der Waals surface area contributed by atoms with Gasteiger partial charge in [-0.3, -0.25) is 0 Å². The van der Waals surface area contributed by atoms with Crippen molar-refractivity contribution in [3.05, 3.63) is 47.5 Å². The molecule has 0 saturated carbocycles. The Morgan fingerprint density at radius 2 is 1.77 bits per heavy atom. The molecular formula is C25H32N3O2+. The van der Waals surface area contributed by atoms with Crippen molar-refractivity contribution >= 4 is 16.6 Å². The van der Waals surface area contributed by atoms with E-state index in [1.165, 1.54) is 39.0 Å². The van der Waals surface area contributed by atoms with E-state index in [0.717, 1.165) is 43.9 Å². The van der Waals surface area contributed by atoms with Gasteiger partial charge in [-0.25, -0.2) is 0 Å². The van der Waals surface area contributed by atoms with Crippen LogP contribution in [-0.4, -0.2) is 46.3 Å². The maximum Gasteiger partial charge on any atom is 0.218 e. The summed E-state index contributed by atoms with van der Waals surface area (Å²) in [6, 6.07) is 12.9. The largest absolute Gasteiger partial charge is 0.493 e. The standard InChI is InChI=1S/C25H31N3O2/c1-27(2)14-8-13-26-24-18-9-6-7-10-21(18)28(3)25-19(24)12-11-17-15-22(29-4)23(30-5)16-20(17)25/h6-7,9-10,15-16H,8,11-14H2,1-5H3/p+1. The summed E-state index contributed by atoms with van der Waals surface area (Å²) in [4.78, 5) is 2.23. The Hall–Kier alpha value is -2.79. The molecule has 0 saturated heterocycles. The number of methoxy groups -OCH3 is 2. The number of anilines is 1. The van der Waals surface area contributed by atoms with Crippen molar-refractivity contribution in [2.24, 2.45) is 7.05 Å². The molecule has 5 heteroatoms. The zero-order chi connectivity index (χ0) is 21.3. The lowest BCUT2D eigenvalue weighted by Crippen LogP contribution is -2.36. The molecule has 1 heterocycles. The first kappa shape index (κ1) is 20.5. The zero-order valence-corrected chi connectivity index (χ0v) is 18.7. The summed E-state index contributed by atoms with van der Waals surface area (Å²) in [5.41, 5.74) is 7.71. The SMILES string of the molecule is COc1cc2c(cc1OC)-c1c(c(NCCCN(C)C)c3ccccc3[n+]1C)CC2. The molecule has 3 aromatic rings. The molecule has 0 spiro atoms. The second-order valence-electron chi connectivity index (χ2n) is 8.23. The zero-order valence-electron chi connectivity index (χ0n) is 18.7. The minimum absolute atomic E-state index is 0.776. The molecule has 0 aliphatic heterocycles. The fraction of sp³-hybridized carbons (Fsp3) is 0.400. The van der Waals surface area contributed by atoms with E-state index in [0.29, 0.717) is 0 Å². The minimum atomic E-state index is 0.776. The molecule has 1 aliphatic carbocycles. The van der Waals surface area contributed by atoms with Crippen LogP contribution in [0, 0.1) is 0 Å². The van der Waals surface area contributed by atoms with Gasteiger partial charge < -0.3 is 19.7 Å². The topological polar surface area (TPSA) is 37.6 Å². The van der Waals surface area contributed by atoms with Gasteiger partial charge in [0.15, 0.2) is 11.5 Å². The number of pyridine rings is 1. The monoisotopic (exact) mass is 406 g/mol. The molecule has 30 heavy (non-hydrogen) atoms. The Bertz CT molecular complexity index is 1080. The molecule has 0 unspecified atom stereocenters. The van der Waals surface area contributed by atoms with Gasteiger partial charge in [0.05, 0.1) is 30.9 Å². The molecule has 4 rings (SSSR count). The average molecular weight is 407 g/mol. The van der Waals surface area contributed by atoms with Crippen molar-refractivity contribution in [3.8, 4) is 22.8 Å². The summed E-state index contributed by atoms with van der Waals surface area (Å²) in [6.45, 7) is 2.04. The van der Waals surface area contributed by atoms with Crippen LogP contribution in [0.5, 0.6) is 11.5 Å². The van der Waals surface area contributed by atoms with Crippen LogP contribution < -0.4 is 19.4 Å². The fourth-order valence-corrected chi connectivity index (χ4v) is 4.59. The Kier molecular flexibility index (Phi) is 5.82. The first-order chi connectivity index (χ1) is 14.5. The van der Waals surface area contributed by atoms with Crippen molar-refractivity contribution in [1.29, 1.82) is 0 Å². The van der Waals surface area contributed by atoms with Gasteiger partial charge in [0.1, 0.15) is 7.05 Å². The number of rotatable bonds is 7. The number of benzene rings is 2. The van der Waals surface area contributed by atoms with Crippen LogP contribution in [0.15, 0.2) is 36.4 Å². The first-order valence-electron chi connectivity index (χ1n) is 10.6. The molecule has 158 valence electrons. The summed E-state index contributed by atoms with van der Waals surface area (Å²) in [5, 5.41) is 5.07. The number of aryl methyl sites for hydroxylation is 2. The highest BCUT2D eigenvalue weighted by Crippen LogP contribution is 2.42. The summed E-state index contributed by atoms with van der Waals surface area (Å²) < 4.78 is 13.5. The third-order valence-corrected chi connectivity index (χ3v) is 6.05. The van der Waals surface area contributed by atoms with Gasteiger partial charge in [-0.15, -0.1) is 0 Å². The van der Waals surface area contributed by atoms with Crippen LogP contribution in [-0.2, 0) is 19.9 Å². The number of para-hydroxylation sites is 1. The number of hydrogen-bond acceptors (Lipinski definition) is 4. The van der Waals surface area contributed by atoms with E-state index in [1.807, 2.05) is 0 Å². The second-order valence-corrected chi connectivity index (χ2v) is 8.23. The molecule has 0 radical (unpaired) electrons. The number of nitrogens with one attached hydrogen (secondary N) is 1. The van der Waals surface area contributed by atoms with Gasteiger partial charge in [0.25, 0.3) is 0 Å². The molecule has 0 fully saturated rings. The van der Waals surface area contributed by atoms with Gasteiger partial charge in [0, 0.05) is 18.2 Å². The summed E-state index contributed by atoms with van der Waals surface area (Å²) in [6.07, 6.45) is 3.11. The highest BCUT2D eigenvalue weighted by atomic mass is 16.5. The van der Waals surface area contributed by atoms with Crippen LogP contribution in [0.4, 0.5) is 5.69 Å². The van der Waals surface area contributed by atoms with E-state index in [4.69, 9.17) is 9.47 Å². The smallest absolute Gasteiger partial charge is 0.218 e. The van der Waals surface area contributed by atoms with Gasteiger partial charge in [-0.2, -0.15) is 4.57 Å². The van der Waals surface area contributed by atoms with E-state index in [1.54, 1.807) is 14.2 Å². The highest BCUT2D eigenvalue weighted by Gasteiger charge is 2.31. The molecule has 1 aliphatic rings. The van der Waals surface area contributed by atoms with E-state index in [2.05, 4.69) is 72.3 Å². The Morgan fingerprint density at radius 1 is 1.03 bits per heavy atom. The van der Waals surface area contributed by atoms with Gasteiger partial charge in [-0.1, -0.05) is 12.1 Å². The van der Waals surface area contributed by atoms with Crippen LogP contribution in [0.25, 0.3) is 22.2 Å². The van der Waals surface area contributed by atoms with Crippen molar-refractivity contribution in [3.63, 3.8) is 0 Å². The van der Waals surface area contributed by atoms with Gasteiger partial charge in [0.2, 0.25) is 11.2 Å². The van der Waals surface area contributed by atoms with E-state index in [9.17, 15) is 0 Å². The van der Waals surface area contributed by atoms with E-state index >= 15 is 0 Å². The fourth-order valence-electron chi connectivity index (χ4n) is 4.59. The molecule has 0 atom stereocenters. The number of aromatic nitrogens is 1. The van der Waals surface area contributed by atoms with E-state index < -0.39 is 0 Å². The average Bonchev–Trinajstić information content (AvgIpc) is 2.76. The number of ether oxygens (including phenoxy) is 2. The quantitative estimate of drug-likeness (QED) is 0.478. The van der Waals surface area contributed by atoms with Crippen LogP contribution >= 0.6 is 0 Å². The third kappa shape index (κ3) is 3.58. The molecule has 0 amide bonds. The molecule has 5 nitrogen and oxygen atoms in total. The lowest BCUT2D eigenvalue weighted by molar-refractivity contribution is -0.634. The molecule has 2 aromatic carbocycles. The predicted molar refractivity (Wildman–Crippen MR) is 123 cm³/mol. The highest BCUT2D eigenvalue weighted by molar-refractivity contribution is 5.94. The first-order valence-corrected chi connectivity index (χ1v) is 10.6. The lowest BCUT2D eigenvalue weighted by atomic mass is 9.86. The number of nitrogens with zero attached hydrogens (tertiary/aromatic N) is 2. The number of hydrogen-bond donors (Lipinski definition) is 1. The number of fused-ring (bicyclic) bond motifs is 4. The Balaban J connectivity index is 1.88. The Morgan fingerprint density at radius 3 is 2.50 bits per heavy atom. The molecule has 1 N–H and O–H groups in total. The van der Waals surface area contributed by atoms with E-state index in [-0.39, 0.29) is 0 Å². The maximum absolute atomic E-state index is 5.62. The second kappa shape index (κ2) is 8.52. The van der Waals surface area contributed by atoms with Crippen molar-refractivity contribution in [2.45, 2.75) is 19.3 Å². The third-order valence-electron chi connectivity index (χ3n) is 6.05. The normalized spacial score (nSPS) is 12.6. The van der Waals surface area contributed by atoms with Crippen LogP contribution in [0.1, 0.15) is 17.5 Å². The summed E-state index contributed by atoms with van der Waals surface area (Å²) in [7, 11) is 9.82.